The highest BCUT2D eigenvalue weighted by atomic mass is 32.2. The maximum atomic E-state index is 11.9. The molecule has 0 saturated carbocycles. The highest BCUT2D eigenvalue weighted by Gasteiger charge is 2.28. The quantitative estimate of drug-likeness (QED) is 0.859. The van der Waals surface area contributed by atoms with E-state index in [1.54, 1.807) is 41.2 Å². The van der Waals surface area contributed by atoms with Crippen LogP contribution >= 0.6 is 0 Å². The van der Waals surface area contributed by atoms with Crippen LogP contribution in [0.1, 0.15) is 6.92 Å². The molecule has 0 spiro atoms. The number of anilines is 1. The number of hydrogen-bond acceptors (Lipinski definition) is 4. The minimum atomic E-state index is -4.01. The molecule has 0 fully saturated rings. The normalized spacial score (nSPS) is 12.8. The zero-order valence-electron chi connectivity index (χ0n) is 10.6. The van der Waals surface area contributed by atoms with E-state index in [-0.39, 0.29) is 0 Å². The molecule has 1 heterocycles. The molecule has 0 aliphatic carbocycles. The lowest BCUT2D eigenvalue weighted by molar-refractivity contribution is -0.136. The van der Waals surface area contributed by atoms with Gasteiger partial charge in [0.05, 0.1) is 17.7 Å². The second-order valence-corrected chi connectivity index (χ2v) is 6.12. The first-order valence-corrected chi connectivity index (χ1v) is 7.28. The van der Waals surface area contributed by atoms with Crippen molar-refractivity contribution in [1.29, 1.82) is 0 Å². The van der Waals surface area contributed by atoms with Crippen molar-refractivity contribution in [1.82, 2.24) is 9.55 Å². The van der Waals surface area contributed by atoms with Crippen molar-refractivity contribution < 1.29 is 18.3 Å². The highest BCUT2D eigenvalue weighted by Crippen LogP contribution is 2.21. The zero-order chi connectivity index (χ0) is 14.8. The SMILES string of the molecule is CC(C(=O)O)S(=O)(=O)Nc1ccccc1-n1ccnc1. The number of aromatic nitrogens is 2. The number of imidazole rings is 1. The predicted molar refractivity (Wildman–Crippen MR) is 73.2 cm³/mol. The summed E-state index contributed by atoms with van der Waals surface area (Å²) in [6, 6.07) is 6.66. The van der Waals surface area contributed by atoms with Gasteiger partial charge in [-0.2, -0.15) is 0 Å². The number of nitrogens with one attached hydrogen (secondary N) is 1. The number of benzene rings is 1. The van der Waals surface area contributed by atoms with E-state index in [2.05, 4.69) is 9.71 Å². The van der Waals surface area contributed by atoms with E-state index in [0.717, 1.165) is 6.92 Å². The van der Waals surface area contributed by atoms with Gasteiger partial charge in [-0.15, -0.1) is 0 Å². The van der Waals surface area contributed by atoms with Crippen LogP contribution in [0.3, 0.4) is 0 Å². The number of aliphatic carboxylic acids is 1. The molecule has 0 aliphatic heterocycles. The number of para-hydroxylation sites is 2. The molecule has 1 aromatic carbocycles. The second kappa shape index (κ2) is 5.33. The largest absolute Gasteiger partial charge is 0.480 e. The summed E-state index contributed by atoms with van der Waals surface area (Å²) in [5.41, 5.74) is 0.852. The second-order valence-electron chi connectivity index (χ2n) is 4.11. The van der Waals surface area contributed by atoms with Gasteiger partial charge in [-0.05, 0) is 19.1 Å². The van der Waals surface area contributed by atoms with Crippen LogP contribution in [0.4, 0.5) is 5.69 Å². The standard InChI is InChI=1S/C12H13N3O4S/c1-9(12(16)17)20(18,19)14-10-4-2-3-5-11(10)15-7-6-13-8-15/h2-9,14H,1H3,(H,16,17). The number of hydrogen-bond donors (Lipinski definition) is 2. The maximum absolute atomic E-state index is 11.9. The topological polar surface area (TPSA) is 101 Å². The van der Waals surface area contributed by atoms with Gasteiger partial charge in [-0.3, -0.25) is 9.52 Å². The van der Waals surface area contributed by atoms with E-state index in [1.807, 2.05) is 0 Å². The molecule has 0 aliphatic rings. The Labute approximate surface area is 115 Å². The average Bonchev–Trinajstić information content (AvgIpc) is 2.91. The summed E-state index contributed by atoms with van der Waals surface area (Å²) < 4.78 is 27.8. The Bertz CT molecular complexity index is 710. The van der Waals surface area contributed by atoms with Crippen molar-refractivity contribution in [3.8, 4) is 5.69 Å². The Morgan fingerprint density at radius 2 is 2.10 bits per heavy atom. The molecule has 2 aromatic rings. The number of nitrogens with zero attached hydrogens (tertiary/aromatic N) is 2. The van der Waals surface area contributed by atoms with Gasteiger partial charge in [0.15, 0.2) is 5.25 Å². The van der Waals surface area contributed by atoms with Crippen molar-refractivity contribution in [2.24, 2.45) is 0 Å². The van der Waals surface area contributed by atoms with Gasteiger partial charge in [0.25, 0.3) is 0 Å². The zero-order valence-corrected chi connectivity index (χ0v) is 11.4. The van der Waals surface area contributed by atoms with Gasteiger partial charge >= 0.3 is 5.97 Å². The fourth-order valence-electron chi connectivity index (χ4n) is 1.56. The average molecular weight is 295 g/mol. The van der Waals surface area contributed by atoms with Gasteiger partial charge in [0, 0.05) is 12.4 Å². The summed E-state index contributed by atoms with van der Waals surface area (Å²) in [6.45, 7) is 1.12. The van der Waals surface area contributed by atoms with E-state index in [1.165, 1.54) is 6.33 Å². The summed E-state index contributed by atoms with van der Waals surface area (Å²) in [5.74, 6) is -1.40. The summed E-state index contributed by atoms with van der Waals surface area (Å²) in [5, 5.41) is 7.27. The van der Waals surface area contributed by atoms with Crippen molar-refractivity contribution in [2.45, 2.75) is 12.2 Å². The number of sulfonamides is 1. The Morgan fingerprint density at radius 1 is 1.40 bits per heavy atom. The molecule has 2 N–H and O–H groups in total. The molecule has 0 bridgehead atoms. The summed E-state index contributed by atoms with van der Waals surface area (Å²) in [6.07, 6.45) is 4.74. The Hall–Kier alpha value is -2.35. The predicted octanol–water partition coefficient (Wildman–Crippen LogP) is 1.09. The van der Waals surface area contributed by atoms with Crippen molar-refractivity contribution in [3.05, 3.63) is 43.0 Å². The third-order valence-electron chi connectivity index (χ3n) is 2.75. The number of carboxylic acid groups (broad SMARTS) is 1. The molecule has 20 heavy (non-hydrogen) atoms. The van der Waals surface area contributed by atoms with Crippen LogP contribution in [0.2, 0.25) is 0 Å². The Balaban J connectivity index is 2.38. The number of carboxylic acids is 1. The highest BCUT2D eigenvalue weighted by molar-refractivity contribution is 7.94. The molecule has 0 saturated heterocycles. The maximum Gasteiger partial charge on any atom is 0.323 e. The smallest absolute Gasteiger partial charge is 0.323 e. The van der Waals surface area contributed by atoms with Gasteiger partial charge < -0.3 is 9.67 Å². The van der Waals surface area contributed by atoms with Gasteiger partial charge in [0.1, 0.15) is 0 Å². The van der Waals surface area contributed by atoms with Crippen LogP contribution in [0, 0.1) is 0 Å². The van der Waals surface area contributed by atoms with Gasteiger partial charge in [-0.25, -0.2) is 13.4 Å². The summed E-state index contributed by atoms with van der Waals surface area (Å²) in [4.78, 5) is 14.7. The van der Waals surface area contributed by atoms with Crippen LogP contribution in [-0.2, 0) is 14.8 Å². The molecule has 0 radical (unpaired) electrons. The molecular formula is C12H13N3O4S. The molecule has 7 nitrogen and oxygen atoms in total. The van der Waals surface area contributed by atoms with Crippen LogP contribution < -0.4 is 4.72 Å². The van der Waals surface area contributed by atoms with Gasteiger partial charge in [-0.1, -0.05) is 12.1 Å². The molecule has 8 heteroatoms. The summed E-state index contributed by atoms with van der Waals surface area (Å²) >= 11 is 0. The third kappa shape index (κ3) is 2.80. The first-order chi connectivity index (χ1) is 9.42. The van der Waals surface area contributed by atoms with E-state index in [4.69, 9.17) is 5.11 Å². The minimum absolute atomic E-state index is 0.290. The van der Waals surface area contributed by atoms with Crippen LogP contribution in [0.5, 0.6) is 0 Å². The lowest BCUT2D eigenvalue weighted by Crippen LogP contribution is -2.32. The van der Waals surface area contributed by atoms with E-state index >= 15 is 0 Å². The van der Waals surface area contributed by atoms with Crippen LogP contribution in [-0.4, -0.2) is 34.3 Å². The molecule has 2 rings (SSSR count). The number of carbonyl (C=O) groups is 1. The molecule has 0 amide bonds. The first kappa shape index (κ1) is 14.1. The van der Waals surface area contributed by atoms with Crippen LogP contribution in [0.25, 0.3) is 5.69 Å². The fourth-order valence-corrected chi connectivity index (χ4v) is 2.48. The van der Waals surface area contributed by atoms with Crippen molar-refractivity contribution >= 4 is 21.7 Å². The van der Waals surface area contributed by atoms with E-state index < -0.39 is 21.2 Å². The monoisotopic (exact) mass is 295 g/mol. The fraction of sp³-hybridized carbons (Fsp3) is 0.167. The molecule has 1 atom stereocenters. The molecular weight excluding hydrogens is 282 g/mol. The lowest BCUT2D eigenvalue weighted by atomic mass is 10.3. The van der Waals surface area contributed by atoms with Crippen molar-refractivity contribution in [2.75, 3.05) is 4.72 Å². The molecule has 1 unspecified atom stereocenters. The van der Waals surface area contributed by atoms with Crippen LogP contribution in [0.15, 0.2) is 43.0 Å². The van der Waals surface area contributed by atoms with E-state index in [9.17, 15) is 13.2 Å². The van der Waals surface area contributed by atoms with E-state index in [0.29, 0.717) is 11.4 Å². The minimum Gasteiger partial charge on any atom is -0.480 e. The van der Waals surface area contributed by atoms with Gasteiger partial charge in [0.2, 0.25) is 10.0 Å². The first-order valence-electron chi connectivity index (χ1n) is 5.73. The number of rotatable bonds is 5. The molecule has 106 valence electrons. The molecule has 1 aromatic heterocycles. The Morgan fingerprint density at radius 3 is 2.70 bits per heavy atom. The third-order valence-corrected chi connectivity index (χ3v) is 4.39. The lowest BCUT2D eigenvalue weighted by Gasteiger charge is -2.14. The summed E-state index contributed by atoms with van der Waals surface area (Å²) in [7, 11) is -4.01. The Kier molecular flexibility index (Phi) is 3.75. The van der Waals surface area contributed by atoms with Crippen molar-refractivity contribution in [3.63, 3.8) is 0 Å².